The Morgan fingerprint density at radius 1 is 1.04 bits per heavy atom. The highest BCUT2D eigenvalue weighted by molar-refractivity contribution is 5.80. The number of aromatic amines is 1. The number of nitrogens with zero attached hydrogens (tertiary/aromatic N) is 2. The third-order valence-corrected chi connectivity index (χ3v) is 3.97. The number of hydrazone groups is 1. The van der Waals surface area contributed by atoms with Crippen LogP contribution >= 0.6 is 0 Å². The molecule has 0 aliphatic carbocycles. The van der Waals surface area contributed by atoms with E-state index in [2.05, 4.69) is 53.4 Å². The highest BCUT2D eigenvalue weighted by Gasteiger charge is 2.12. The minimum atomic E-state index is -0.230. The van der Waals surface area contributed by atoms with E-state index in [9.17, 15) is 4.79 Å². The van der Waals surface area contributed by atoms with Crippen molar-refractivity contribution < 1.29 is 0 Å². The predicted molar refractivity (Wildman–Crippen MR) is 107 cm³/mol. The molecule has 3 aromatic rings. The molecule has 1 heterocycles. The fourth-order valence-electron chi connectivity index (χ4n) is 2.50. The van der Waals surface area contributed by atoms with Crippen LogP contribution < -0.4 is 11.0 Å². The van der Waals surface area contributed by atoms with Gasteiger partial charge in [0.1, 0.15) is 0 Å². The van der Waals surface area contributed by atoms with Crippen LogP contribution in [0.1, 0.15) is 31.9 Å². The first-order chi connectivity index (χ1) is 12.4. The molecule has 26 heavy (non-hydrogen) atoms. The number of rotatable bonds is 4. The Bertz CT molecular complexity index is 952. The van der Waals surface area contributed by atoms with Gasteiger partial charge in [-0.15, -0.1) is 0 Å². The van der Waals surface area contributed by atoms with E-state index in [0.29, 0.717) is 11.6 Å². The lowest BCUT2D eigenvalue weighted by Crippen LogP contribution is -2.11. The zero-order valence-electron chi connectivity index (χ0n) is 15.2. The molecule has 0 saturated heterocycles. The molecule has 0 aliphatic heterocycles. The van der Waals surface area contributed by atoms with Crippen LogP contribution in [-0.4, -0.2) is 16.2 Å². The average Bonchev–Trinajstić information content (AvgIpc) is 2.62. The quantitative estimate of drug-likeness (QED) is 0.550. The predicted octanol–water partition coefficient (Wildman–Crippen LogP) is 4.18. The Morgan fingerprint density at radius 2 is 1.73 bits per heavy atom. The monoisotopic (exact) mass is 346 g/mol. The summed E-state index contributed by atoms with van der Waals surface area (Å²) in [6, 6.07) is 19.2. The minimum absolute atomic E-state index is 0.120. The van der Waals surface area contributed by atoms with E-state index in [1.807, 2.05) is 42.5 Å². The van der Waals surface area contributed by atoms with Crippen LogP contribution in [0.5, 0.6) is 0 Å². The van der Waals surface area contributed by atoms with E-state index in [4.69, 9.17) is 0 Å². The van der Waals surface area contributed by atoms with Crippen LogP contribution in [-0.2, 0) is 5.41 Å². The van der Waals surface area contributed by atoms with E-state index in [-0.39, 0.29) is 11.0 Å². The normalized spacial score (nSPS) is 11.7. The molecule has 2 N–H and O–H groups in total. The molecule has 132 valence electrons. The molecule has 3 rings (SSSR count). The van der Waals surface area contributed by atoms with Gasteiger partial charge in [0.25, 0.3) is 5.56 Å². The van der Waals surface area contributed by atoms with E-state index < -0.39 is 0 Å². The molecular formula is C21H22N4O. The van der Waals surface area contributed by atoms with Gasteiger partial charge in [-0.1, -0.05) is 75.4 Å². The SMILES string of the molecule is CC(C)(C)c1ccc(/C=N\Nc2nc(-c3ccccc3)cc(=O)[nH]2)cc1. The average molecular weight is 346 g/mol. The molecule has 0 aliphatic rings. The number of benzene rings is 2. The van der Waals surface area contributed by atoms with Crippen LogP contribution in [0.25, 0.3) is 11.3 Å². The van der Waals surface area contributed by atoms with Gasteiger partial charge < -0.3 is 0 Å². The summed E-state index contributed by atoms with van der Waals surface area (Å²) in [5.41, 5.74) is 6.39. The Kier molecular flexibility index (Phi) is 4.98. The van der Waals surface area contributed by atoms with E-state index in [1.54, 1.807) is 6.21 Å². The van der Waals surface area contributed by atoms with Crippen LogP contribution in [0.4, 0.5) is 5.95 Å². The summed E-state index contributed by atoms with van der Waals surface area (Å²) >= 11 is 0. The summed E-state index contributed by atoms with van der Waals surface area (Å²) in [4.78, 5) is 18.9. The molecule has 5 heteroatoms. The van der Waals surface area contributed by atoms with Gasteiger partial charge in [-0.2, -0.15) is 5.10 Å². The second kappa shape index (κ2) is 7.35. The van der Waals surface area contributed by atoms with E-state index in [1.165, 1.54) is 11.6 Å². The van der Waals surface area contributed by atoms with Gasteiger partial charge in [-0.3, -0.25) is 9.78 Å². The first kappa shape index (κ1) is 17.6. The molecular weight excluding hydrogens is 324 g/mol. The van der Waals surface area contributed by atoms with Gasteiger partial charge in [-0.25, -0.2) is 10.4 Å². The maximum atomic E-state index is 11.9. The lowest BCUT2D eigenvalue weighted by atomic mass is 9.87. The smallest absolute Gasteiger partial charge is 0.252 e. The minimum Gasteiger partial charge on any atom is -0.291 e. The van der Waals surface area contributed by atoms with Crippen molar-refractivity contribution in [1.82, 2.24) is 9.97 Å². The van der Waals surface area contributed by atoms with Crippen molar-refractivity contribution >= 4 is 12.2 Å². The van der Waals surface area contributed by atoms with Crippen LogP contribution in [0.15, 0.2) is 70.6 Å². The van der Waals surface area contributed by atoms with Gasteiger partial charge in [0.15, 0.2) is 0 Å². The summed E-state index contributed by atoms with van der Waals surface area (Å²) in [7, 11) is 0. The third kappa shape index (κ3) is 4.45. The van der Waals surface area contributed by atoms with Crippen molar-refractivity contribution in [2.75, 3.05) is 5.43 Å². The molecule has 0 atom stereocenters. The lowest BCUT2D eigenvalue weighted by molar-refractivity contribution is 0.590. The highest BCUT2D eigenvalue weighted by Crippen LogP contribution is 2.21. The topological polar surface area (TPSA) is 70.1 Å². The van der Waals surface area contributed by atoms with Crippen LogP contribution in [0.2, 0.25) is 0 Å². The fourth-order valence-corrected chi connectivity index (χ4v) is 2.50. The molecule has 0 radical (unpaired) electrons. The van der Waals surface area contributed by atoms with Gasteiger partial charge in [0, 0.05) is 11.6 Å². The number of anilines is 1. The molecule has 0 unspecified atom stereocenters. The largest absolute Gasteiger partial charge is 0.291 e. The third-order valence-electron chi connectivity index (χ3n) is 3.97. The number of nitrogens with one attached hydrogen (secondary N) is 2. The summed E-state index contributed by atoms with van der Waals surface area (Å²) < 4.78 is 0. The molecule has 0 spiro atoms. The van der Waals surface area contributed by atoms with Crippen molar-refractivity contribution in [3.63, 3.8) is 0 Å². The molecule has 0 amide bonds. The summed E-state index contributed by atoms with van der Waals surface area (Å²) in [6.45, 7) is 6.54. The van der Waals surface area contributed by atoms with Gasteiger partial charge in [0.2, 0.25) is 5.95 Å². The summed E-state index contributed by atoms with van der Waals surface area (Å²) in [5, 5.41) is 4.17. The first-order valence-corrected chi connectivity index (χ1v) is 8.48. The van der Waals surface area contributed by atoms with Crippen molar-refractivity contribution in [3.8, 4) is 11.3 Å². The fraction of sp³-hybridized carbons (Fsp3) is 0.190. The second-order valence-corrected chi connectivity index (χ2v) is 7.09. The van der Waals surface area contributed by atoms with Crippen molar-refractivity contribution in [1.29, 1.82) is 0 Å². The molecule has 2 aromatic carbocycles. The Labute approximate surface area is 152 Å². The lowest BCUT2D eigenvalue weighted by Gasteiger charge is -2.18. The first-order valence-electron chi connectivity index (χ1n) is 8.48. The van der Waals surface area contributed by atoms with Crippen molar-refractivity contribution in [2.24, 2.45) is 5.10 Å². The molecule has 0 bridgehead atoms. The zero-order chi connectivity index (χ0) is 18.6. The second-order valence-electron chi connectivity index (χ2n) is 7.09. The molecule has 0 saturated carbocycles. The van der Waals surface area contributed by atoms with E-state index in [0.717, 1.165) is 11.1 Å². The summed E-state index contributed by atoms with van der Waals surface area (Å²) in [6.07, 6.45) is 1.70. The molecule has 1 aromatic heterocycles. The molecule has 5 nitrogen and oxygen atoms in total. The number of hydrogen-bond acceptors (Lipinski definition) is 4. The summed E-state index contributed by atoms with van der Waals surface area (Å²) in [5.74, 6) is 0.305. The van der Waals surface area contributed by atoms with Gasteiger partial charge >= 0.3 is 0 Å². The Morgan fingerprint density at radius 3 is 2.38 bits per heavy atom. The van der Waals surface area contributed by atoms with Gasteiger partial charge in [-0.05, 0) is 16.5 Å². The highest BCUT2D eigenvalue weighted by atomic mass is 16.1. The number of hydrogen-bond donors (Lipinski definition) is 2. The maximum Gasteiger partial charge on any atom is 0.252 e. The van der Waals surface area contributed by atoms with Gasteiger partial charge in [0.05, 0.1) is 11.9 Å². The zero-order valence-corrected chi connectivity index (χ0v) is 15.2. The van der Waals surface area contributed by atoms with Crippen LogP contribution in [0.3, 0.4) is 0 Å². The molecule has 0 fully saturated rings. The van der Waals surface area contributed by atoms with Crippen LogP contribution in [0, 0.1) is 0 Å². The Hall–Kier alpha value is -3.21. The number of aromatic nitrogens is 2. The standard InChI is InChI=1S/C21H22N4O/c1-21(2,3)17-11-9-15(10-12-17)14-22-25-20-23-18(13-19(26)24-20)16-7-5-4-6-8-16/h4-14H,1-3H3,(H2,23,24,25,26)/b22-14-. The number of H-pyrrole nitrogens is 1. The Balaban J connectivity index is 1.74. The van der Waals surface area contributed by atoms with Crippen molar-refractivity contribution in [2.45, 2.75) is 26.2 Å². The van der Waals surface area contributed by atoms with Crippen molar-refractivity contribution in [3.05, 3.63) is 82.1 Å². The maximum absolute atomic E-state index is 11.9. The van der Waals surface area contributed by atoms with E-state index >= 15 is 0 Å².